The lowest BCUT2D eigenvalue weighted by molar-refractivity contribution is -0.268. The van der Waals surface area contributed by atoms with Gasteiger partial charge in [-0.3, -0.25) is 23.7 Å². The number of carbonyl (C=O) groups is 4. The highest BCUT2D eigenvalue weighted by atomic mass is 79.9. The van der Waals surface area contributed by atoms with E-state index in [4.69, 9.17) is 28.1 Å². The molecule has 0 spiro atoms. The minimum absolute atomic E-state index is 0.179. The van der Waals surface area contributed by atoms with Crippen LogP contribution in [0.3, 0.4) is 0 Å². The molecule has 5 atom stereocenters. The molecule has 1 aliphatic rings. The van der Waals surface area contributed by atoms with E-state index in [-0.39, 0.29) is 16.1 Å². The lowest BCUT2D eigenvalue weighted by Gasteiger charge is -2.45. The molecule has 0 saturated carbocycles. The van der Waals surface area contributed by atoms with Gasteiger partial charge < -0.3 is 28.1 Å². The van der Waals surface area contributed by atoms with Crippen LogP contribution in [0.25, 0.3) is 22.2 Å². The quantitative estimate of drug-likeness (QED) is 0.0761. The van der Waals surface area contributed by atoms with Crippen LogP contribution in [0.4, 0.5) is 0 Å². The predicted octanol–water partition coefficient (Wildman–Crippen LogP) is 4.67. The molecule has 0 bridgehead atoms. The smallest absolute Gasteiger partial charge is 0.345 e. The Morgan fingerprint density at radius 1 is 0.860 bits per heavy atom. The summed E-state index contributed by atoms with van der Waals surface area (Å²) in [6, 6.07) is 16.0. The minimum Gasteiger partial charge on any atom is -0.463 e. The number of esters is 4. The maximum Gasteiger partial charge on any atom is 0.345 e. The number of nitrogens with zero attached hydrogens (tertiary/aromatic N) is 3. The van der Waals surface area contributed by atoms with E-state index in [1.807, 2.05) is 30.3 Å². The van der Waals surface area contributed by atoms with Crippen LogP contribution in [-0.4, -0.2) is 65.2 Å². The van der Waals surface area contributed by atoms with Crippen molar-refractivity contribution in [2.24, 2.45) is 10.2 Å². The van der Waals surface area contributed by atoms with Crippen molar-refractivity contribution >= 4 is 67.8 Å². The summed E-state index contributed by atoms with van der Waals surface area (Å²) < 4.78 is 36.5. The Labute approximate surface area is 297 Å². The van der Waals surface area contributed by atoms with Crippen molar-refractivity contribution in [1.82, 2.24) is 4.57 Å². The van der Waals surface area contributed by atoms with Gasteiger partial charge in [-0.1, -0.05) is 46.3 Å². The maximum atomic E-state index is 12.9. The van der Waals surface area contributed by atoms with Crippen LogP contribution in [0.5, 0.6) is 0 Å². The lowest BCUT2D eigenvalue weighted by Crippen LogP contribution is -2.61. The summed E-state index contributed by atoms with van der Waals surface area (Å²) in [5.41, 5.74) is 1.46. The third kappa shape index (κ3) is 8.43. The number of halogens is 1. The van der Waals surface area contributed by atoms with E-state index in [1.165, 1.54) is 6.92 Å². The molecule has 0 amide bonds. The Morgan fingerprint density at radius 3 is 2.18 bits per heavy atom. The first kappa shape index (κ1) is 36.4. The molecular weight excluding hydrogens is 738 g/mol. The van der Waals surface area contributed by atoms with Gasteiger partial charge in [0.1, 0.15) is 18.3 Å². The molecule has 0 unspecified atom stereocenters. The molecular formula is C34H32BrN3O11S. The average molecular weight is 771 g/mol. The van der Waals surface area contributed by atoms with Crippen molar-refractivity contribution in [1.29, 1.82) is 0 Å². The van der Waals surface area contributed by atoms with Gasteiger partial charge in [0.2, 0.25) is 4.80 Å². The lowest BCUT2D eigenvalue weighted by atomic mass is 9.96. The van der Waals surface area contributed by atoms with Crippen molar-refractivity contribution < 1.29 is 47.3 Å². The molecule has 5 rings (SSSR count). The van der Waals surface area contributed by atoms with Crippen molar-refractivity contribution in [3.05, 3.63) is 85.2 Å². The molecule has 2 aromatic heterocycles. The SMILES string of the molecule is CC(=O)OC[C@H]1O[C@@H](n2c(-c3ccccc3)cs/c2=N\N=C(/C)c2cc3cc(Br)ccc3oc2=O)[C@H](OC(C)=O)[C@@H](OC(C)=O)[C@H]1OC(C)=O. The van der Waals surface area contributed by atoms with Gasteiger partial charge in [0, 0.05) is 42.9 Å². The van der Waals surface area contributed by atoms with Crippen molar-refractivity contribution in [2.75, 3.05) is 6.61 Å². The Kier molecular flexibility index (Phi) is 11.4. The van der Waals surface area contributed by atoms with Crippen LogP contribution in [0.2, 0.25) is 0 Å². The second-order valence-electron chi connectivity index (χ2n) is 11.1. The van der Waals surface area contributed by atoms with Crippen LogP contribution in [-0.2, 0) is 42.9 Å². The molecule has 262 valence electrons. The van der Waals surface area contributed by atoms with Crippen LogP contribution in [0.15, 0.2) is 83.9 Å². The van der Waals surface area contributed by atoms with Gasteiger partial charge in [-0.15, -0.1) is 16.4 Å². The molecule has 50 heavy (non-hydrogen) atoms. The highest BCUT2D eigenvalue weighted by molar-refractivity contribution is 9.10. The molecule has 1 saturated heterocycles. The molecule has 3 heterocycles. The second kappa shape index (κ2) is 15.7. The number of hydrogen-bond acceptors (Lipinski definition) is 14. The Morgan fingerprint density at radius 2 is 1.52 bits per heavy atom. The molecule has 1 fully saturated rings. The summed E-state index contributed by atoms with van der Waals surface area (Å²) >= 11 is 4.58. The summed E-state index contributed by atoms with van der Waals surface area (Å²) in [4.78, 5) is 62.2. The van der Waals surface area contributed by atoms with Crippen LogP contribution in [0, 0.1) is 0 Å². The third-order valence-corrected chi connectivity index (χ3v) is 8.73. The molecule has 16 heteroatoms. The fourth-order valence-electron chi connectivity index (χ4n) is 5.39. The first-order chi connectivity index (χ1) is 23.8. The Balaban J connectivity index is 1.71. The fraction of sp³-hybridized carbons (Fsp3) is 0.324. The standard InChI is InChI=1S/C34H32BrN3O11S/c1-17(25-14-23-13-24(35)11-12-27(23)49-33(25)43)36-37-34-38(26(16-50-34)22-9-7-6-8-10-22)32-31(47-21(5)42)30(46-20(4)41)29(45-19(3)40)28(48-32)15-44-18(2)39/h6-14,16,28-32H,15H2,1-5H3/b36-17+,37-34-/t28-,29+,30+,31-,32-/m1/s1. The summed E-state index contributed by atoms with van der Waals surface area (Å²) in [5, 5.41) is 11.3. The second-order valence-corrected chi connectivity index (χ2v) is 12.9. The van der Waals surface area contributed by atoms with Crippen molar-refractivity contribution in [2.45, 2.75) is 65.3 Å². The van der Waals surface area contributed by atoms with Gasteiger partial charge in [0.15, 0.2) is 24.5 Å². The van der Waals surface area contributed by atoms with Gasteiger partial charge >= 0.3 is 29.5 Å². The van der Waals surface area contributed by atoms with Crippen LogP contribution < -0.4 is 10.4 Å². The number of carbonyl (C=O) groups excluding carboxylic acids is 4. The molecule has 2 aromatic carbocycles. The van der Waals surface area contributed by atoms with Crippen LogP contribution >= 0.6 is 27.3 Å². The van der Waals surface area contributed by atoms with Crippen molar-refractivity contribution in [3.8, 4) is 11.3 Å². The maximum absolute atomic E-state index is 12.9. The number of aromatic nitrogens is 1. The van der Waals surface area contributed by atoms with E-state index < -0.39 is 66.8 Å². The zero-order valence-corrected chi connectivity index (χ0v) is 29.9. The van der Waals surface area contributed by atoms with E-state index in [0.29, 0.717) is 22.2 Å². The first-order valence-corrected chi connectivity index (χ1v) is 16.9. The zero-order chi connectivity index (χ0) is 36.1. The summed E-state index contributed by atoms with van der Waals surface area (Å²) in [6.45, 7) is 5.85. The van der Waals surface area contributed by atoms with E-state index >= 15 is 0 Å². The van der Waals surface area contributed by atoms with E-state index in [0.717, 1.165) is 36.6 Å². The third-order valence-electron chi connectivity index (χ3n) is 7.40. The number of ether oxygens (including phenoxy) is 5. The average Bonchev–Trinajstić information content (AvgIpc) is 3.48. The first-order valence-electron chi connectivity index (χ1n) is 15.2. The minimum atomic E-state index is -1.41. The molecule has 0 N–H and O–H groups in total. The number of fused-ring (bicyclic) bond motifs is 1. The molecule has 0 aliphatic carbocycles. The largest absolute Gasteiger partial charge is 0.463 e. The van der Waals surface area contributed by atoms with Crippen molar-refractivity contribution in [3.63, 3.8) is 0 Å². The predicted molar refractivity (Wildman–Crippen MR) is 183 cm³/mol. The topological polar surface area (TPSA) is 174 Å². The summed E-state index contributed by atoms with van der Waals surface area (Å²) in [6.07, 6.45) is -6.64. The summed E-state index contributed by atoms with van der Waals surface area (Å²) in [5.74, 6) is -2.90. The molecule has 14 nitrogen and oxygen atoms in total. The van der Waals surface area contributed by atoms with Crippen LogP contribution in [0.1, 0.15) is 46.4 Å². The Bertz CT molecular complexity index is 2090. The number of thiazole rings is 1. The van der Waals surface area contributed by atoms with E-state index in [1.54, 1.807) is 41.1 Å². The molecule has 1 aliphatic heterocycles. The Hall–Kier alpha value is -4.93. The fourth-order valence-corrected chi connectivity index (χ4v) is 6.64. The van der Waals surface area contributed by atoms with Gasteiger partial charge in [0.25, 0.3) is 0 Å². The summed E-state index contributed by atoms with van der Waals surface area (Å²) in [7, 11) is 0. The van der Waals surface area contributed by atoms with Gasteiger partial charge in [-0.2, -0.15) is 5.10 Å². The van der Waals surface area contributed by atoms with E-state index in [2.05, 4.69) is 26.1 Å². The van der Waals surface area contributed by atoms with Gasteiger partial charge in [0.05, 0.1) is 17.0 Å². The zero-order valence-electron chi connectivity index (χ0n) is 27.5. The number of hydrogen-bond donors (Lipinski definition) is 0. The molecule has 4 aromatic rings. The van der Waals surface area contributed by atoms with E-state index in [9.17, 15) is 24.0 Å². The highest BCUT2D eigenvalue weighted by Crippen LogP contribution is 2.37. The molecule has 0 radical (unpaired) electrons. The number of benzene rings is 2. The highest BCUT2D eigenvalue weighted by Gasteiger charge is 2.53. The van der Waals surface area contributed by atoms with Gasteiger partial charge in [-0.25, -0.2) is 4.79 Å². The normalized spacial score (nSPS) is 21.0. The number of rotatable bonds is 9. The van der Waals surface area contributed by atoms with Gasteiger partial charge in [-0.05, 0) is 36.8 Å². The monoisotopic (exact) mass is 769 g/mol.